The lowest BCUT2D eigenvalue weighted by Crippen LogP contribution is -2.28. The first-order valence-corrected chi connectivity index (χ1v) is 23.3. The van der Waals surface area contributed by atoms with Gasteiger partial charge in [0.2, 0.25) is 0 Å². The van der Waals surface area contributed by atoms with Crippen LogP contribution in [0.3, 0.4) is 0 Å². The van der Waals surface area contributed by atoms with Crippen molar-refractivity contribution in [3.8, 4) is 44.5 Å². The van der Waals surface area contributed by atoms with Crippen LogP contribution in [0.1, 0.15) is 33.4 Å². The van der Waals surface area contributed by atoms with E-state index in [1.165, 1.54) is 115 Å². The van der Waals surface area contributed by atoms with Crippen LogP contribution in [0.25, 0.3) is 99.7 Å². The Morgan fingerprint density at radius 3 is 1.30 bits per heavy atom. The average molecular weight is 849 g/mol. The number of fused-ring (bicyclic) bond motifs is 7. The first-order valence-electron chi connectivity index (χ1n) is 23.3. The molecule has 0 saturated carbocycles. The number of rotatable bonds is 7. The minimum absolute atomic E-state index is 0.432. The van der Waals surface area contributed by atoms with Crippen LogP contribution in [-0.2, 0) is 5.41 Å². The lowest BCUT2D eigenvalue weighted by atomic mass is 9.67. The standard InChI is InChI=1S/C67H44/c1-2-19-50(20-3-1)67(63-31-14-12-24-57(63)58-25-13-15-32-64(58)67)51-42-39-49(40-43-51)66-61-28-10-8-26-59(61)65(60-27-9-11-29-62(60)66)48-37-34-45(35-38-48)33-36-47-41-44-56(54-23-7-6-22-53(47)54)55-30-16-18-46-17-4-5-21-52(46)55/h1-44H. The molecule has 0 nitrogen and oxygen atoms in total. The fourth-order valence-corrected chi connectivity index (χ4v) is 11.5. The van der Waals surface area contributed by atoms with Gasteiger partial charge in [0, 0.05) is 0 Å². The Balaban J connectivity index is 0.883. The van der Waals surface area contributed by atoms with E-state index in [9.17, 15) is 0 Å². The Kier molecular flexibility index (Phi) is 9.18. The van der Waals surface area contributed by atoms with Crippen molar-refractivity contribution in [3.63, 3.8) is 0 Å². The van der Waals surface area contributed by atoms with Gasteiger partial charge >= 0.3 is 0 Å². The van der Waals surface area contributed by atoms with Crippen LogP contribution in [-0.4, -0.2) is 0 Å². The molecule has 0 saturated heterocycles. The smallest absolute Gasteiger partial charge is 0.0622 e. The average Bonchev–Trinajstić information content (AvgIpc) is 3.71. The molecular weight excluding hydrogens is 805 g/mol. The molecule has 12 aromatic carbocycles. The van der Waals surface area contributed by atoms with Crippen LogP contribution in [0.2, 0.25) is 0 Å². The van der Waals surface area contributed by atoms with Crippen LogP contribution < -0.4 is 0 Å². The summed E-state index contributed by atoms with van der Waals surface area (Å²) < 4.78 is 0. The molecule has 67 heavy (non-hydrogen) atoms. The normalized spacial score (nSPS) is 12.8. The van der Waals surface area contributed by atoms with E-state index in [1.54, 1.807) is 0 Å². The maximum Gasteiger partial charge on any atom is 0.0713 e. The highest BCUT2D eigenvalue weighted by atomic mass is 14.5. The van der Waals surface area contributed by atoms with Crippen molar-refractivity contribution in [1.82, 2.24) is 0 Å². The molecule has 0 unspecified atom stereocenters. The molecule has 0 radical (unpaired) electrons. The van der Waals surface area contributed by atoms with E-state index in [0.29, 0.717) is 0 Å². The van der Waals surface area contributed by atoms with Crippen molar-refractivity contribution in [3.05, 3.63) is 288 Å². The third-order valence-electron chi connectivity index (χ3n) is 14.4. The Hall–Kier alpha value is -8.58. The lowest BCUT2D eigenvalue weighted by molar-refractivity contribution is 0.768. The summed E-state index contributed by atoms with van der Waals surface area (Å²) in [5.74, 6) is 0. The Bertz CT molecular complexity index is 3780. The summed E-state index contributed by atoms with van der Waals surface area (Å²) in [6.07, 6.45) is 4.51. The van der Waals surface area contributed by atoms with E-state index in [2.05, 4.69) is 267 Å². The highest BCUT2D eigenvalue weighted by Crippen LogP contribution is 2.56. The van der Waals surface area contributed by atoms with Crippen molar-refractivity contribution in [2.45, 2.75) is 5.41 Å². The van der Waals surface area contributed by atoms with Crippen molar-refractivity contribution in [2.24, 2.45) is 0 Å². The van der Waals surface area contributed by atoms with Gasteiger partial charge in [0.15, 0.2) is 0 Å². The molecule has 0 fully saturated rings. The quantitative estimate of drug-likeness (QED) is 0.111. The molecule has 0 amide bonds. The SMILES string of the molecule is C(=Cc1ccc(-c2cccc3ccccc23)c2ccccc12)c1ccc(-c2c3ccccc3c(-c3ccc(C4(c5ccccc5)c5ccccc5-c5ccccc54)cc3)c3ccccc23)cc1. The molecular formula is C67H44. The Morgan fingerprint density at radius 1 is 0.254 bits per heavy atom. The van der Waals surface area contributed by atoms with Crippen molar-refractivity contribution in [2.75, 3.05) is 0 Å². The zero-order valence-corrected chi connectivity index (χ0v) is 36.9. The summed E-state index contributed by atoms with van der Waals surface area (Å²) in [5.41, 5.74) is 17.2. The number of hydrogen-bond acceptors (Lipinski definition) is 0. The zero-order chi connectivity index (χ0) is 44.3. The molecule has 0 atom stereocenters. The molecule has 0 aliphatic heterocycles. The van der Waals surface area contributed by atoms with Gasteiger partial charge in [-0.2, -0.15) is 0 Å². The van der Waals surface area contributed by atoms with Gasteiger partial charge in [-0.15, -0.1) is 0 Å². The number of benzene rings is 12. The van der Waals surface area contributed by atoms with E-state index in [1.807, 2.05) is 0 Å². The Morgan fingerprint density at radius 2 is 0.687 bits per heavy atom. The second kappa shape index (κ2) is 15.8. The molecule has 13 rings (SSSR count). The second-order valence-electron chi connectivity index (χ2n) is 17.9. The second-order valence-corrected chi connectivity index (χ2v) is 17.9. The molecule has 312 valence electrons. The van der Waals surface area contributed by atoms with Gasteiger partial charge in [0.25, 0.3) is 0 Å². The van der Waals surface area contributed by atoms with Gasteiger partial charge in [-0.25, -0.2) is 0 Å². The predicted octanol–water partition coefficient (Wildman–Crippen LogP) is 17.8. The summed E-state index contributed by atoms with van der Waals surface area (Å²) in [6.45, 7) is 0. The van der Waals surface area contributed by atoms with E-state index in [4.69, 9.17) is 0 Å². The molecule has 0 heteroatoms. The third kappa shape index (κ3) is 6.14. The molecule has 12 aromatic rings. The van der Waals surface area contributed by atoms with Crippen LogP contribution in [0.15, 0.2) is 255 Å². The van der Waals surface area contributed by atoms with E-state index in [0.717, 1.165) is 5.56 Å². The molecule has 0 N–H and O–H groups in total. The van der Waals surface area contributed by atoms with Gasteiger partial charge in [-0.05, 0) is 121 Å². The monoisotopic (exact) mass is 848 g/mol. The van der Waals surface area contributed by atoms with Crippen LogP contribution in [0, 0.1) is 0 Å². The van der Waals surface area contributed by atoms with Gasteiger partial charge in [-0.3, -0.25) is 0 Å². The van der Waals surface area contributed by atoms with Crippen molar-refractivity contribution in [1.29, 1.82) is 0 Å². The maximum absolute atomic E-state index is 2.38. The summed E-state index contributed by atoms with van der Waals surface area (Å²) in [6, 6.07) is 94.1. The minimum atomic E-state index is -0.432. The van der Waals surface area contributed by atoms with E-state index < -0.39 is 5.41 Å². The zero-order valence-electron chi connectivity index (χ0n) is 36.9. The minimum Gasteiger partial charge on any atom is -0.0622 e. The lowest BCUT2D eigenvalue weighted by Gasteiger charge is -2.34. The van der Waals surface area contributed by atoms with Crippen LogP contribution in [0.4, 0.5) is 0 Å². The van der Waals surface area contributed by atoms with Crippen molar-refractivity contribution < 1.29 is 0 Å². The molecule has 0 bridgehead atoms. The van der Waals surface area contributed by atoms with Crippen LogP contribution in [0.5, 0.6) is 0 Å². The first-order chi connectivity index (χ1) is 33.3. The molecule has 0 aromatic heterocycles. The molecule has 0 spiro atoms. The summed E-state index contributed by atoms with van der Waals surface area (Å²) in [5, 5.41) is 10.0. The van der Waals surface area contributed by atoms with Crippen molar-refractivity contribution >= 4 is 55.2 Å². The first kappa shape index (κ1) is 38.8. The molecule has 0 heterocycles. The summed E-state index contributed by atoms with van der Waals surface area (Å²) >= 11 is 0. The largest absolute Gasteiger partial charge is 0.0713 e. The van der Waals surface area contributed by atoms with Gasteiger partial charge in [-0.1, -0.05) is 267 Å². The van der Waals surface area contributed by atoms with Gasteiger partial charge in [0.1, 0.15) is 0 Å². The Labute approximate surface area is 391 Å². The van der Waals surface area contributed by atoms with E-state index in [-0.39, 0.29) is 0 Å². The van der Waals surface area contributed by atoms with Crippen LogP contribution >= 0.6 is 0 Å². The van der Waals surface area contributed by atoms with E-state index >= 15 is 0 Å². The summed E-state index contributed by atoms with van der Waals surface area (Å²) in [7, 11) is 0. The molecule has 1 aliphatic rings. The van der Waals surface area contributed by atoms with Gasteiger partial charge in [0.05, 0.1) is 5.41 Å². The highest BCUT2D eigenvalue weighted by Gasteiger charge is 2.45. The number of hydrogen-bond donors (Lipinski definition) is 0. The topological polar surface area (TPSA) is 0 Å². The highest BCUT2D eigenvalue weighted by molar-refractivity contribution is 6.21. The van der Waals surface area contributed by atoms with Gasteiger partial charge < -0.3 is 0 Å². The fourth-order valence-electron chi connectivity index (χ4n) is 11.5. The predicted molar refractivity (Wildman–Crippen MR) is 285 cm³/mol. The maximum atomic E-state index is 2.38. The summed E-state index contributed by atoms with van der Waals surface area (Å²) in [4.78, 5) is 0. The molecule has 1 aliphatic carbocycles. The third-order valence-corrected chi connectivity index (χ3v) is 14.4. The fraction of sp³-hybridized carbons (Fsp3) is 0.0149.